The second-order valence-corrected chi connectivity index (χ2v) is 8.32. The average molecular weight is 491 g/mol. The highest BCUT2D eigenvalue weighted by Crippen LogP contribution is 2.41. The predicted molar refractivity (Wildman–Crippen MR) is 135 cm³/mol. The first-order valence-corrected chi connectivity index (χ1v) is 11.1. The van der Waals surface area contributed by atoms with Gasteiger partial charge < -0.3 is 9.47 Å². The number of halogens is 2. The monoisotopic (exact) mass is 490 g/mol. The molecule has 0 atom stereocenters. The summed E-state index contributed by atoms with van der Waals surface area (Å²) in [6, 6.07) is 24.0. The summed E-state index contributed by atoms with van der Waals surface area (Å²) in [7, 11) is 3.00. The van der Waals surface area contributed by atoms with Crippen LogP contribution in [0.2, 0.25) is 10.0 Å². The predicted octanol–water partition coefficient (Wildman–Crippen LogP) is 7.14. The summed E-state index contributed by atoms with van der Waals surface area (Å²) < 4.78 is 11.4. The molecule has 0 heterocycles. The van der Waals surface area contributed by atoms with E-state index >= 15 is 0 Å². The average Bonchev–Trinajstić information content (AvgIpc) is 2.86. The molecule has 4 rings (SSSR count). The topological polar surface area (TPSA) is 52.6 Å². The molecular weight excluding hydrogens is 471 g/mol. The van der Waals surface area contributed by atoms with Gasteiger partial charge in [0.2, 0.25) is 0 Å². The second kappa shape index (κ2) is 10.1. The van der Waals surface area contributed by atoms with E-state index in [1.807, 2.05) is 12.1 Å². The van der Waals surface area contributed by atoms with Gasteiger partial charge >= 0.3 is 0 Å². The number of methoxy groups -OCH3 is 2. The van der Waals surface area contributed by atoms with Crippen LogP contribution in [0.3, 0.4) is 0 Å². The lowest BCUT2D eigenvalue weighted by Gasteiger charge is -2.17. The summed E-state index contributed by atoms with van der Waals surface area (Å²) in [5, 5.41) is 0.935. The number of hydrogen-bond acceptors (Lipinski definition) is 4. The number of ether oxygens (including phenoxy) is 2. The fraction of sp³-hybridized carbons (Fsp3) is 0.0714. The first-order chi connectivity index (χ1) is 16.4. The van der Waals surface area contributed by atoms with Crippen molar-refractivity contribution in [3.63, 3.8) is 0 Å². The van der Waals surface area contributed by atoms with E-state index in [-0.39, 0.29) is 11.6 Å². The Labute approximate surface area is 207 Å². The first kappa shape index (κ1) is 23.6. The largest absolute Gasteiger partial charge is 0.495 e. The number of rotatable bonds is 7. The van der Waals surface area contributed by atoms with Crippen molar-refractivity contribution in [3.8, 4) is 22.6 Å². The molecule has 6 heteroatoms. The number of hydrogen-bond donors (Lipinski definition) is 0. The van der Waals surface area contributed by atoms with Crippen LogP contribution in [0.25, 0.3) is 11.1 Å². The Bertz CT molecular complexity index is 1290. The molecule has 0 N–H and O–H groups in total. The molecule has 0 aliphatic rings. The number of ketones is 2. The Morgan fingerprint density at radius 2 is 0.971 bits per heavy atom. The summed E-state index contributed by atoms with van der Waals surface area (Å²) in [6.07, 6.45) is 0. The molecule has 0 amide bonds. The lowest BCUT2D eigenvalue weighted by atomic mass is 9.93. The number of carbonyl (C=O) groups is 2. The van der Waals surface area contributed by atoms with Gasteiger partial charge in [-0.3, -0.25) is 9.59 Å². The molecule has 34 heavy (non-hydrogen) atoms. The molecular formula is C28H20Cl2O4. The van der Waals surface area contributed by atoms with Crippen LogP contribution in [0.4, 0.5) is 0 Å². The van der Waals surface area contributed by atoms with Gasteiger partial charge in [-0.25, -0.2) is 0 Å². The second-order valence-electron chi connectivity index (χ2n) is 7.45. The van der Waals surface area contributed by atoms with Gasteiger partial charge in [0, 0.05) is 32.3 Å². The lowest BCUT2D eigenvalue weighted by molar-refractivity contribution is 0.102. The van der Waals surface area contributed by atoms with E-state index in [1.165, 1.54) is 14.2 Å². The fourth-order valence-electron chi connectivity index (χ4n) is 3.87. The maximum absolute atomic E-state index is 13.3. The van der Waals surface area contributed by atoms with Crippen LogP contribution in [0.1, 0.15) is 31.8 Å². The number of carbonyl (C=O) groups excluding carboxylic acids is 2. The molecule has 4 aromatic carbocycles. The van der Waals surface area contributed by atoms with Crippen LogP contribution in [0.5, 0.6) is 11.5 Å². The van der Waals surface area contributed by atoms with Gasteiger partial charge in [-0.15, -0.1) is 0 Å². The Balaban J connectivity index is 1.85. The molecule has 0 bridgehead atoms. The molecule has 0 saturated heterocycles. The molecule has 0 radical (unpaired) electrons. The van der Waals surface area contributed by atoms with Crippen LogP contribution in [0, 0.1) is 0 Å². The summed E-state index contributed by atoms with van der Waals surface area (Å²) in [6.45, 7) is 0. The van der Waals surface area contributed by atoms with E-state index in [9.17, 15) is 9.59 Å². The van der Waals surface area contributed by atoms with Crippen LogP contribution in [0.15, 0.2) is 84.9 Å². The fourth-order valence-corrected chi connectivity index (χ4v) is 4.25. The van der Waals surface area contributed by atoms with Gasteiger partial charge in [0.1, 0.15) is 11.5 Å². The van der Waals surface area contributed by atoms with Crippen molar-refractivity contribution >= 4 is 34.8 Å². The number of para-hydroxylation sites is 2. The maximum Gasteiger partial charge on any atom is 0.196 e. The zero-order chi connectivity index (χ0) is 24.2. The van der Waals surface area contributed by atoms with Gasteiger partial charge in [-0.1, -0.05) is 71.7 Å². The van der Waals surface area contributed by atoms with Gasteiger partial charge in [-0.05, 0) is 36.4 Å². The van der Waals surface area contributed by atoms with Crippen LogP contribution in [-0.4, -0.2) is 25.8 Å². The maximum atomic E-state index is 13.3. The highest BCUT2D eigenvalue weighted by molar-refractivity contribution is 6.31. The normalized spacial score (nSPS) is 10.6. The quantitative estimate of drug-likeness (QED) is 0.258. The zero-order valence-corrected chi connectivity index (χ0v) is 20.0. The molecule has 0 aliphatic heterocycles. The lowest BCUT2D eigenvalue weighted by Crippen LogP contribution is -2.07. The highest BCUT2D eigenvalue weighted by atomic mass is 35.5. The SMILES string of the molecule is COc1c(C(=O)c2cccc(Cl)c2)cccc1-c1cccc(C(=O)c2cccc(Cl)c2)c1OC. The summed E-state index contributed by atoms with van der Waals surface area (Å²) in [5.74, 6) is 0.286. The smallest absolute Gasteiger partial charge is 0.196 e. The molecule has 0 aromatic heterocycles. The van der Waals surface area contributed by atoms with E-state index in [2.05, 4.69) is 0 Å². The van der Waals surface area contributed by atoms with Crippen molar-refractivity contribution in [2.75, 3.05) is 14.2 Å². The standard InChI is InChI=1S/C28H20Cl2O4/c1-33-27-21(11-5-13-23(27)25(31)17-7-3-9-19(29)15-17)22-12-6-14-24(28(22)34-2)26(32)18-8-4-10-20(30)16-18/h3-16H,1-2H3. The van der Waals surface area contributed by atoms with E-state index in [1.54, 1.807) is 72.8 Å². The molecule has 4 aromatic rings. The molecule has 0 fully saturated rings. The van der Waals surface area contributed by atoms with Crippen molar-refractivity contribution in [1.82, 2.24) is 0 Å². The highest BCUT2D eigenvalue weighted by Gasteiger charge is 2.23. The van der Waals surface area contributed by atoms with Crippen molar-refractivity contribution in [2.45, 2.75) is 0 Å². The third-order valence-electron chi connectivity index (χ3n) is 5.39. The Hall–Kier alpha value is -3.60. The van der Waals surface area contributed by atoms with Gasteiger partial charge in [0.05, 0.1) is 25.3 Å². The van der Waals surface area contributed by atoms with Crippen LogP contribution >= 0.6 is 23.2 Å². The molecule has 170 valence electrons. The van der Waals surface area contributed by atoms with E-state index in [0.717, 1.165) is 0 Å². The third kappa shape index (κ3) is 4.56. The first-order valence-electron chi connectivity index (χ1n) is 10.4. The summed E-state index contributed by atoms with van der Waals surface area (Å²) in [5.41, 5.74) is 2.87. The molecule has 0 aliphatic carbocycles. The molecule has 0 saturated carbocycles. The minimum absolute atomic E-state index is 0.230. The molecule has 0 unspecified atom stereocenters. The van der Waals surface area contributed by atoms with Crippen LogP contribution in [-0.2, 0) is 0 Å². The van der Waals surface area contributed by atoms with Crippen molar-refractivity contribution < 1.29 is 19.1 Å². The minimum atomic E-state index is -0.230. The van der Waals surface area contributed by atoms with Crippen LogP contribution < -0.4 is 9.47 Å². The van der Waals surface area contributed by atoms with Gasteiger partial charge in [-0.2, -0.15) is 0 Å². The van der Waals surface area contributed by atoms with Gasteiger partial charge in [0.15, 0.2) is 11.6 Å². The van der Waals surface area contributed by atoms with Crippen molar-refractivity contribution in [3.05, 3.63) is 117 Å². The van der Waals surface area contributed by atoms with Gasteiger partial charge in [0.25, 0.3) is 0 Å². The van der Waals surface area contributed by atoms with E-state index < -0.39 is 0 Å². The zero-order valence-electron chi connectivity index (χ0n) is 18.5. The number of benzene rings is 4. The summed E-state index contributed by atoms with van der Waals surface area (Å²) >= 11 is 12.2. The van der Waals surface area contributed by atoms with E-state index in [4.69, 9.17) is 32.7 Å². The third-order valence-corrected chi connectivity index (χ3v) is 5.86. The Morgan fingerprint density at radius 1 is 0.588 bits per heavy atom. The molecule has 0 spiro atoms. The van der Waals surface area contributed by atoms with E-state index in [0.29, 0.717) is 54.9 Å². The van der Waals surface area contributed by atoms with Crippen molar-refractivity contribution in [1.29, 1.82) is 0 Å². The Kier molecular flexibility index (Phi) is 7.01. The Morgan fingerprint density at radius 3 is 1.32 bits per heavy atom. The minimum Gasteiger partial charge on any atom is -0.495 e. The molecule has 4 nitrogen and oxygen atoms in total. The van der Waals surface area contributed by atoms with Crippen molar-refractivity contribution in [2.24, 2.45) is 0 Å². The summed E-state index contributed by atoms with van der Waals surface area (Å²) in [4.78, 5) is 26.5.